The lowest BCUT2D eigenvalue weighted by Gasteiger charge is -2.44. The van der Waals surface area contributed by atoms with Crippen molar-refractivity contribution in [3.63, 3.8) is 0 Å². The maximum atomic E-state index is 12.6. The second-order valence-corrected chi connectivity index (χ2v) is 10.1. The summed E-state index contributed by atoms with van der Waals surface area (Å²) in [7, 11) is 1.61. The summed E-state index contributed by atoms with van der Waals surface area (Å²) in [5.74, 6) is 0.0451. The molecule has 2 aliphatic heterocycles. The number of thioether (sulfide) groups is 2. The number of hydroxylamine groups is 1. The molecule has 4 rings (SSSR count). The standard InChI is InChI=1S/C24H23ClN2O5S2/c1-31-18-7-8-19(16(10-18)9-15-5-3-2-4-6-15)33-14-20(28)26-32-24(30)23-17(12-25)13-34-22-11-21(29)27(22)23/h2-8,10,22H,9,11-14H2,1H3,(H,26,28)/t22-/m0/s1. The van der Waals surface area contributed by atoms with E-state index in [2.05, 4.69) is 5.48 Å². The molecule has 0 aromatic heterocycles. The third kappa shape index (κ3) is 5.54. The first kappa shape index (κ1) is 24.5. The van der Waals surface area contributed by atoms with E-state index in [1.807, 2.05) is 48.5 Å². The van der Waals surface area contributed by atoms with Crippen molar-refractivity contribution >= 4 is 52.9 Å². The minimum atomic E-state index is -0.776. The molecule has 1 N–H and O–H groups in total. The number of hydrogen-bond acceptors (Lipinski definition) is 7. The second-order valence-electron chi connectivity index (χ2n) is 7.66. The molecule has 0 unspecified atom stereocenters. The van der Waals surface area contributed by atoms with Crippen LogP contribution in [0.5, 0.6) is 5.75 Å². The molecular weight excluding hydrogens is 496 g/mol. The molecule has 1 atom stereocenters. The molecule has 2 amide bonds. The highest BCUT2D eigenvalue weighted by Crippen LogP contribution is 2.40. The molecule has 34 heavy (non-hydrogen) atoms. The summed E-state index contributed by atoms with van der Waals surface area (Å²) >= 11 is 8.86. The second kappa shape index (κ2) is 11.2. The van der Waals surface area contributed by atoms with Gasteiger partial charge < -0.3 is 9.57 Å². The van der Waals surface area contributed by atoms with Crippen LogP contribution in [-0.4, -0.2) is 52.6 Å². The Bertz CT molecular complexity index is 1130. The zero-order valence-electron chi connectivity index (χ0n) is 18.4. The average molecular weight is 519 g/mol. The third-order valence-corrected chi connectivity index (χ3v) is 8.12. The number of ether oxygens (including phenoxy) is 1. The largest absolute Gasteiger partial charge is 0.497 e. The van der Waals surface area contributed by atoms with Crippen molar-refractivity contribution in [3.05, 3.63) is 70.9 Å². The maximum absolute atomic E-state index is 12.6. The van der Waals surface area contributed by atoms with E-state index < -0.39 is 11.9 Å². The number of nitrogens with zero attached hydrogens (tertiary/aromatic N) is 1. The maximum Gasteiger partial charge on any atom is 0.379 e. The zero-order valence-corrected chi connectivity index (χ0v) is 20.8. The smallest absolute Gasteiger partial charge is 0.379 e. The first-order chi connectivity index (χ1) is 16.5. The Kier molecular flexibility index (Phi) is 8.07. The van der Waals surface area contributed by atoms with E-state index in [0.29, 0.717) is 24.2 Å². The number of rotatable bonds is 8. The number of carbonyl (C=O) groups excluding carboxylic acids is 3. The van der Waals surface area contributed by atoms with Crippen LogP contribution in [0.3, 0.4) is 0 Å². The number of fused-ring (bicyclic) bond motifs is 1. The van der Waals surface area contributed by atoms with Crippen LogP contribution in [0.25, 0.3) is 0 Å². The predicted octanol–water partition coefficient (Wildman–Crippen LogP) is 3.75. The monoisotopic (exact) mass is 518 g/mol. The van der Waals surface area contributed by atoms with Gasteiger partial charge in [0.25, 0.3) is 5.91 Å². The van der Waals surface area contributed by atoms with E-state index in [0.717, 1.165) is 21.8 Å². The van der Waals surface area contributed by atoms with Crippen LogP contribution in [-0.2, 0) is 25.6 Å². The first-order valence-electron chi connectivity index (χ1n) is 10.6. The lowest BCUT2D eigenvalue weighted by molar-refractivity contribution is -0.158. The van der Waals surface area contributed by atoms with Crippen LogP contribution in [0.15, 0.2) is 64.7 Å². The van der Waals surface area contributed by atoms with Gasteiger partial charge in [0.2, 0.25) is 5.91 Å². The van der Waals surface area contributed by atoms with Gasteiger partial charge >= 0.3 is 5.97 Å². The molecule has 2 aromatic carbocycles. The lowest BCUT2D eigenvalue weighted by atomic mass is 10.0. The molecule has 0 aliphatic carbocycles. The molecule has 2 aromatic rings. The molecule has 7 nitrogen and oxygen atoms in total. The number of hydrogen-bond donors (Lipinski definition) is 1. The Balaban J connectivity index is 1.36. The Morgan fingerprint density at radius 2 is 2.03 bits per heavy atom. The van der Waals surface area contributed by atoms with Crippen molar-refractivity contribution in [2.24, 2.45) is 0 Å². The van der Waals surface area contributed by atoms with Crippen LogP contribution in [0.2, 0.25) is 0 Å². The van der Waals surface area contributed by atoms with E-state index >= 15 is 0 Å². The summed E-state index contributed by atoms with van der Waals surface area (Å²) in [6.07, 6.45) is 1.07. The third-order valence-electron chi connectivity index (χ3n) is 5.41. The van der Waals surface area contributed by atoms with E-state index in [-0.39, 0.29) is 28.6 Å². The van der Waals surface area contributed by atoms with Crippen LogP contribution in [0, 0.1) is 0 Å². The topological polar surface area (TPSA) is 84.9 Å². The Labute approximate surface area is 211 Å². The Hall–Kier alpha value is -2.62. The molecule has 0 bridgehead atoms. The molecule has 0 radical (unpaired) electrons. The number of amides is 2. The molecule has 2 heterocycles. The zero-order chi connectivity index (χ0) is 24.1. The number of benzene rings is 2. The fraction of sp³-hybridized carbons (Fsp3) is 0.292. The average Bonchev–Trinajstić information content (AvgIpc) is 2.85. The van der Waals surface area contributed by atoms with Crippen molar-refractivity contribution in [1.82, 2.24) is 10.4 Å². The SMILES string of the molecule is COc1ccc(SCC(=O)NOC(=O)C2=C(CCl)CS[C@H]3CC(=O)N23)c(Cc2ccccc2)c1. The van der Waals surface area contributed by atoms with Gasteiger partial charge in [-0.25, -0.2) is 4.79 Å². The number of nitrogens with one attached hydrogen (secondary N) is 1. The van der Waals surface area contributed by atoms with Gasteiger partial charge in [0, 0.05) is 16.5 Å². The number of halogens is 1. The highest BCUT2D eigenvalue weighted by molar-refractivity contribution is 8.00. The molecule has 1 saturated heterocycles. The van der Waals surface area contributed by atoms with Crippen LogP contribution in [0.1, 0.15) is 17.5 Å². The Morgan fingerprint density at radius 1 is 1.24 bits per heavy atom. The van der Waals surface area contributed by atoms with Crippen LogP contribution < -0.4 is 10.2 Å². The summed E-state index contributed by atoms with van der Waals surface area (Å²) in [6, 6.07) is 15.7. The number of carbonyl (C=O) groups is 3. The van der Waals surface area contributed by atoms with Gasteiger partial charge in [-0.05, 0) is 41.3 Å². The minimum absolute atomic E-state index is 0.0456. The minimum Gasteiger partial charge on any atom is -0.497 e. The highest BCUT2D eigenvalue weighted by Gasteiger charge is 2.45. The highest BCUT2D eigenvalue weighted by atomic mass is 35.5. The fourth-order valence-corrected chi connectivity index (χ4v) is 6.10. The normalized spacial score (nSPS) is 17.1. The number of β-lactam (4-membered cyclic amide) rings is 1. The summed E-state index contributed by atoms with van der Waals surface area (Å²) < 4.78 is 5.35. The Morgan fingerprint density at radius 3 is 2.74 bits per heavy atom. The lowest BCUT2D eigenvalue weighted by Crippen LogP contribution is -2.54. The number of methoxy groups -OCH3 is 1. The summed E-state index contributed by atoms with van der Waals surface area (Å²) in [4.78, 5) is 44.4. The summed E-state index contributed by atoms with van der Waals surface area (Å²) in [5.41, 5.74) is 5.13. The van der Waals surface area contributed by atoms with Gasteiger partial charge in [0.05, 0.1) is 24.7 Å². The van der Waals surface area contributed by atoms with Crippen LogP contribution >= 0.6 is 35.1 Å². The molecule has 1 fully saturated rings. The molecule has 2 aliphatic rings. The van der Waals surface area contributed by atoms with Crippen molar-refractivity contribution in [3.8, 4) is 5.75 Å². The summed E-state index contributed by atoms with van der Waals surface area (Å²) in [5, 5.41) is -0.0774. The molecule has 0 saturated carbocycles. The van der Waals surface area contributed by atoms with Crippen molar-refractivity contribution < 1.29 is 24.0 Å². The van der Waals surface area contributed by atoms with Crippen molar-refractivity contribution in [2.75, 3.05) is 24.5 Å². The van der Waals surface area contributed by atoms with Gasteiger partial charge in [-0.3, -0.25) is 14.5 Å². The van der Waals surface area contributed by atoms with Gasteiger partial charge in [-0.1, -0.05) is 30.3 Å². The van der Waals surface area contributed by atoms with Gasteiger partial charge in [0.15, 0.2) is 0 Å². The van der Waals surface area contributed by atoms with E-state index in [1.54, 1.807) is 18.9 Å². The van der Waals surface area contributed by atoms with E-state index in [4.69, 9.17) is 21.2 Å². The van der Waals surface area contributed by atoms with Crippen molar-refractivity contribution in [2.45, 2.75) is 23.1 Å². The summed E-state index contributed by atoms with van der Waals surface area (Å²) in [6.45, 7) is 0. The molecular formula is C24H23ClN2O5S2. The molecule has 10 heteroatoms. The van der Waals surface area contributed by atoms with Gasteiger partial charge in [-0.15, -0.1) is 35.1 Å². The predicted molar refractivity (Wildman–Crippen MR) is 133 cm³/mol. The molecule has 178 valence electrons. The van der Waals surface area contributed by atoms with Gasteiger partial charge in [-0.2, -0.15) is 5.48 Å². The van der Waals surface area contributed by atoms with E-state index in [9.17, 15) is 14.4 Å². The van der Waals surface area contributed by atoms with Gasteiger partial charge in [0.1, 0.15) is 11.4 Å². The quantitative estimate of drug-likeness (QED) is 0.246. The fourth-order valence-electron chi connectivity index (χ4n) is 3.67. The molecule has 0 spiro atoms. The first-order valence-corrected chi connectivity index (χ1v) is 13.1. The number of alkyl halides is 1. The van der Waals surface area contributed by atoms with Crippen molar-refractivity contribution in [1.29, 1.82) is 0 Å². The van der Waals surface area contributed by atoms with E-state index in [1.165, 1.54) is 16.7 Å². The van der Waals surface area contributed by atoms with Crippen LogP contribution in [0.4, 0.5) is 0 Å².